The zero-order chi connectivity index (χ0) is 29.6. The smallest absolute Gasteiger partial charge is 0.230 e. The number of allylic oxidation sites excluding steroid dienone is 1. The SMILES string of the molecule is O=C(Cc1ccccc1)NC(=S)NC1C=C(F)C(Oc2ccnc3cc(-c4ccc(CN5CCNCC5)cc4)sc23)=CC1. The molecule has 4 aromatic rings. The fourth-order valence-corrected chi connectivity index (χ4v) is 6.50. The maximum Gasteiger partial charge on any atom is 0.230 e. The van der Waals surface area contributed by atoms with E-state index in [1.54, 1.807) is 29.7 Å². The van der Waals surface area contributed by atoms with E-state index in [-0.39, 0.29) is 23.2 Å². The fourth-order valence-electron chi connectivity index (χ4n) is 5.16. The van der Waals surface area contributed by atoms with E-state index in [1.165, 1.54) is 11.6 Å². The van der Waals surface area contributed by atoms with Crippen LogP contribution in [-0.2, 0) is 17.8 Å². The molecule has 3 heterocycles. The van der Waals surface area contributed by atoms with Crippen LogP contribution < -0.4 is 20.7 Å². The third kappa shape index (κ3) is 7.52. The molecule has 1 saturated heterocycles. The summed E-state index contributed by atoms with van der Waals surface area (Å²) >= 11 is 6.86. The molecule has 220 valence electrons. The monoisotopic (exact) mass is 613 g/mol. The summed E-state index contributed by atoms with van der Waals surface area (Å²) in [7, 11) is 0. The van der Waals surface area contributed by atoms with Crippen molar-refractivity contribution in [3.05, 3.63) is 108 Å². The van der Waals surface area contributed by atoms with Crippen molar-refractivity contribution in [2.24, 2.45) is 0 Å². The Morgan fingerprint density at radius 2 is 1.88 bits per heavy atom. The van der Waals surface area contributed by atoms with Gasteiger partial charge in [0.2, 0.25) is 5.91 Å². The summed E-state index contributed by atoms with van der Waals surface area (Å²) in [6.07, 6.45) is 5.45. The summed E-state index contributed by atoms with van der Waals surface area (Å²) < 4.78 is 22.1. The third-order valence-corrected chi connectivity index (χ3v) is 8.77. The van der Waals surface area contributed by atoms with Crippen LogP contribution in [0.1, 0.15) is 17.5 Å². The number of pyridine rings is 1. The van der Waals surface area contributed by atoms with E-state index in [0.29, 0.717) is 12.2 Å². The Labute approximate surface area is 259 Å². The van der Waals surface area contributed by atoms with Crippen molar-refractivity contribution in [2.75, 3.05) is 26.2 Å². The number of nitrogens with zero attached hydrogens (tertiary/aromatic N) is 2. The molecule has 2 aromatic carbocycles. The first kappa shape index (κ1) is 29.1. The lowest BCUT2D eigenvalue weighted by molar-refractivity contribution is -0.119. The Morgan fingerprint density at radius 1 is 1.09 bits per heavy atom. The Kier molecular flexibility index (Phi) is 9.18. The second-order valence-corrected chi connectivity index (χ2v) is 12.0. The number of amides is 1. The van der Waals surface area contributed by atoms with Gasteiger partial charge in [-0.3, -0.25) is 14.7 Å². The van der Waals surface area contributed by atoms with Crippen molar-refractivity contribution < 1.29 is 13.9 Å². The topological polar surface area (TPSA) is 78.5 Å². The van der Waals surface area contributed by atoms with Gasteiger partial charge in [-0.1, -0.05) is 54.6 Å². The highest BCUT2D eigenvalue weighted by molar-refractivity contribution is 7.80. The minimum absolute atomic E-state index is 0.150. The number of carbonyl (C=O) groups excluding carboxylic acids is 1. The maximum absolute atomic E-state index is 15.1. The van der Waals surface area contributed by atoms with Gasteiger partial charge in [-0.05, 0) is 53.5 Å². The highest BCUT2D eigenvalue weighted by Crippen LogP contribution is 2.39. The average Bonchev–Trinajstić information content (AvgIpc) is 3.45. The Morgan fingerprint density at radius 3 is 2.65 bits per heavy atom. The van der Waals surface area contributed by atoms with E-state index in [9.17, 15) is 4.79 Å². The molecule has 0 bridgehead atoms. The molecule has 1 amide bonds. The lowest BCUT2D eigenvalue weighted by Crippen LogP contribution is -2.44. The third-order valence-electron chi connectivity index (χ3n) is 7.37. The van der Waals surface area contributed by atoms with Crippen LogP contribution in [0.5, 0.6) is 5.75 Å². The van der Waals surface area contributed by atoms with Gasteiger partial charge < -0.3 is 20.7 Å². The van der Waals surface area contributed by atoms with E-state index in [0.717, 1.165) is 58.9 Å². The molecule has 0 saturated carbocycles. The molecule has 0 spiro atoms. The molecule has 43 heavy (non-hydrogen) atoms. The quantitative estimate of drug-likeness (QED) is 0.227. The highest BCUT2D eigenvalue weighted by atomic mass is 32.1. The second-order valence-electron chi connectivity index (χ2n) is 10.6. The number of benzene rings is 2. The molecule has 1 aliphatic heterocycles. The fraction of sp³-hybridized carbons (Fsp3) is 0.242. The van der Waals surface area contributed by atoms with E-state index in [1.807, 2.05) is 36.4 Å². The zero-order valence-corrected chi connectivity index (χ0v) is 25.1. The van der Waals surface area contributed by atoms with Gasteiger partial charge in [0.1, 0.15) is 5.75 Å². The van der Waals surface area contributed by atoms with Crippen LogP contribution in [0.2, 0.25) is 0 Å². The van der Waals surface area contributed by atoms with Gasteiger partial charge in [0, 0.05) is 49.9 Å². The van der Waals surface area contributed by atoms with Crippen LogP contribution >= 0.6 is 23.6 Å². The molecule has 7 nitrogen and oxygen atoms in total. The van der Waals surface area contributed by atoms with Crippen LogP contribution in [0.25, 0.3) is 20.7 Å². The summed E-state index contributed by atoms with van der Waals surface area (Å²) in [5.74, 6) is -0.0195. The number of rotatable bonds is 8. The number of thiophene rings is 1. The highest BCUT2D eigenvalue weighted by Gasteiger charge is 2.21. The Bertz CT molecular complexity index is 1660. The number of hydrogen-bond donors (Lipinski definition) is 3. The van der Waals surface area contributed by atoms with Crippen molar-refractivity contribution in [1.29, 1.82) is 0 Å². The van der Waals surface area contributed by atoms with E-state index in [2.05, 4.69) is 50.1 Å². The van der Waals surface area contributed by atoms with E-state index >= 15 is 4.39 Å². The van der Waals surface area contributed by atoms with Crippen LogP contribution in [0.4, 0.5) is 4.39 Å². The Hall–Kier alpha value is -3.96. The molecular weight excluding hydrogens is 582 g/mol. The summed E-state index contributed by atoms with van der Waals surface area (Å²) in [6.45, 7) is 5.16. The lowest BCUT2D eigenvalue weighted by Gasteiger charge is -2.27. The summed E-state index contributed by atoms with van der Waals surface area (Å²) in [5.41, 5.74) is 4.10. The predicted octanol–water partition coefficient (Wildman–Crippen LogP) is 5.49. The summed E-state index contributed by atoms with van der Waals surface area (Å²) in [5, 5.41) is 9.22. The van der Waals surface area contributed by atoms with Crippen LogP contribution in [0.15, 0.2) is 96.7 Å². The standard InChI is InChI=1S/C33H32FN5O2S2/c34-26-19-25(37-33(42)38-31(40)18-22-4-2-1-3-5-22)10-11-28(26)41-29-12-13-36-27-20-30(43-32(27)29)24-8-6-23(7-9-24)21-39-16-14-35-15-17-39/h1-9,11-13,19-20,25,35H,10,14-18,21H2,(H2,37,38,40,42). The molecule has 1 fully saturated rings. The number of hydrogen-bond acceptors (Lipinski definition) is 7. The number of piperazine rings is 1. The molecule has 1 unspecified atom stereocenters. The number of fused-ring (bicyclic) bond motifs is 1. The van der Waals surface area contributed by atoms with Crippen molar-refractivity contribution in [3.63, 3.8) is 0 Å². The second kappa shape index (κ2) is 13.6. The van der Waals surface area contributed by atoms with Crippen LogP contribution in [0.3, 0.4) is 0 Å². The van der Waals surface area contributed by atoms with Gasteiger partial charge in [0.05, 0.1) is 22.7 Å². The minimum atomic E-state index is -0.496. The average molecular weight is 614 g/mol. The van der Waals surface area contributed by atoms with Crippen molar-refractivity contribution in [2.45, 2.75) is 25.4 Å². The van der Waals surface area contributed by atoms with E-state index < -0.39 is 11.9 Å². The van der Waals surface area contributed by atoms with Gasteiger partial charge in [-0.15, -0.1) is 11.3 Å². The molecule has 0 radical (unpaired) electrons. The number of aromatic nitrogens is 1. The molecule has 2 aliphatic rings. The number of nitrogens with one attached hydrogen (secondary N) is 3. The first-order chi connectivity index (χ1) is 21.0. The number of ether oxygens (including phenoxy) is 1. The largest absolute Gasteiger partial charge is 0.453 e. The molecule has 6 rings (SSSR count). The first-order valence-electron chi connectivity index (χ1n) is 14.3. The van der Waals surface area contributed by atoms with Crippen molar-refractivity contribution in [3.8, 4) is 16.2 Å². The first-order valence-corrected chi connectivity index (χ1v) is 15.5. The normalized spacial score (nSPS) is 17.2. The van der Waals surface area contributed by atoms with E-state index in [4.69, 9.17) is 17.0 Å². The summed E-state index contributed by atoms with van der Waals surface area (Å²) in [6, 6.07) is 21.5. The Balaban J connectivity index is 1.07. The maximum atomic E-state index is 15.1. The lowest BCUT2D eigenvalue weighted by atomic mass is 10.1. The van der Waals surface area contributed by atoms with Gasteiger partial charge in [0.15, 0.2) is 16.7 Å². The van der Waals surface area contributed by atoms with Crippen molar-refractivity contribution >= 4 is 44.8 Å². The molecule has 1 atom stereocenters. The molecule has 10 heteroatoms. The summed E-state index contributed by atoms with van der Waals surface area (Å²) in [4.78, 5) is 20.4. The number of halogens is 1. The molecule has 1 aliphatic carbocycles. The predicted molar refractivity (Wildman–Crippen MR) is 174 cm³/mol. The molecular formula is C33H32FN5O2S2. The van der Waals surface area contributed by atoms with Gasteiger partial charge >= 0.3 is 0 Å². The number of thiocarbonyl (C=S) groups is 1. The van der Waals surface area contributed by atoms with Gasteiger partial charge in [0.25, 0.3) is 0 Å². The zero-order valence-electron chi connectivity index (χ0n) is 23.5. The van der Waals surface area contributed by atoms with Crippen LogP contribution in [0, 0.1) is 0 Å². The van der Waals surface area contributed by atoms with Gasteiger partial charge in [-0.2, -0.15) is 0 Å². The minimum Gasteiger partial charge on any atom is -0.453 e. The molecule has 2 aromatic heterocycles. The van der Waals surface area contributed by atoms with Crippen molar-refractivity contribution in [1.82, 2.24) is 25.8 Å². The van der Waals surface area contributed by atoms with Crippen LogP contribution in [-0.4, -0.2) is 53.1 Å². The number of carbonyl (C=O) groups is 1. The molecule has 3 N–H and O–H groups in total. The van der Waals surface area contributed by atoms with Gasteiger partial charge in [-0.25, -0.2) is 4.39 Å².